The van der Waals surface area contributed by atoms with Crippen LogP contribution in [0.3, 0.4) is 0 Å². The summed E-state index contributed by atoms with van der Waals surface area (Å²) >= 11 is 0. The number of hydrogen-bond acceptors (Lipinski definition) is 6. The molecule has 3 aromatic heterocycles. The van der Waals surface area contributed by atoms with Crippen molar-refractivity contribution in [2.24, 2.45) is 0 Å². The first-order valence-electron chi connectivity index (χ1n) is 9.94. The van der Waals surface area contributed by atoms with Gasteiger partial charge in [0.1, 0.15) is 6.33 Å². The highest BCUT2D eigenvalue weighted by Gasteiger charge is 2.19. The summed E-state index contributed by atoms with van der Waals surface area (Å²) in [6, 6.07) is 21.5. The number of benzene rings is 2. The first-order chi connectivity index (χ1) is 15.5. The molecule has 0 radical (unpaired) electrons. The second-order valence-electron chi connectivity index (χ2n) is 7.38. The maximum Gasteiger partial charge on any atom is 0.269 e. The highest BCUT2D eigenvalue weighted by atomic mass is 32.2. The van der Waals surface area contributed by atoms with Crippen LogP contribution in [0.4, 0.5) is 5.69 Å². The van der Waals surface area contributed by atoms with Crippen molar-refractivity contribution in [2.45, 2.75) is 11.3 Å². The minimum atomic E-state index is -3.72. The average Bonchev–Trinajstić information content (AvgIpc) is 3.26. The second kappa shape index (κ2) is 7.90. The molecule has 32 heavy (non-hydrogen) atoms. The van der Waals surface area contributed by atoms with E-state index in [9.17, 15) is 8.42 Å². The number of nitrogen functional groups attached to an aromatic ring is 1. The van der Waals surface area contributed by atoms with Crippen LogP contribution < -0.4 is 5.73 Å². The van der Waals surface area contributed by atoms with E-state index in [0.717, 1.165) is 28.2 Å². The van der Waals surface area contributed by atoms with Gasteiger partial charge < -0.3 is 5.73 Å². The highest BCUT2D eigenvalue weighted by molar-refractivity contribution is 7.90. The molecule has 0 amide bonds. The molecule has 5 rings (SSSR count). The van der Waals surface area contributed by atoms with Crippen molar-refractivity contribution in [1.29, 1.82) is 0 Å². The first-order valence-corrected chi connectivity index (χ1v) is 11.4. The lowest BCUT2D eigenvalue weighted by Gasteiger charge is -2.08. The molecule has 0 bridgehead atoms. The number of nitrogens with zero attached hydrogens (tertiary/aromatic N) is 4. The quantitative estimate of drug-likeness (QED) is 0.415. The molecule has 0 spiro atoms. The summed E-state index contributed by atoms with van der Waals surface area (Å²) in [6.07, 6.45) is 5.33. The molecule has 8 heteroatoms. The van der Waals surface area contributed by atoms with Crippen molar-refractivity contribution >= 4 is 26.7 Å². The first kappa shape index (κ1) is 19.9. The van der Waals surface area contributed by atoms with Gasteiger partial charge in [-0.05, 0) is 48.0 Å². The lowest BCUT2D eigenvalue weighted by atomic mass is 10.1. The molecule has 2 N–H and O–H groups in total. The van der Waals surface area contributed by atoms with E-state index in [1.165, 1.54) is 16.5 Å². The standard InChI is InChI=1S/C24H19N5O2S/c25-20-8-6-17(7-9-20)12-21-14-23(28-16-27-21)19-13-18-10-11-29(24(18)26-15-19)32(30,31)22-4-2-1-3-5-22/h1-11,13-16H,12,25H2. The van der Waals surface area contributed by atoms with Crippen molar-refractivity contribution in [1.82, 2.24) is 18.9 Å². The van der Waals surface area contributed by atoms with Gasteiger partial charge in [-0.25, -0.2) is 27.3 Å². The third-order valence-electron chi connectivity index (χ3n) is 5.18. The lowest BCUT2D eigenvalue weighted by molar-refractivity contribution is 0.589. The Morgan fingerprint density at radius 1 is 0.875 bits per heavy atom. The van der Waals surface area contributed by atoms with E-state index >= 15 is 0 Å². The third kappa shape index (κ3) is 3.72. The zero-order valence-corrected chi connectivity index (χ0v) is 17.8. The van der Waals surface area contributed by atoms with Gasteiger partial charge in [0.2, 0.25) is 0 Å². The SMILES string of the molecule is Nc1ccc(Cc2cc(-c3cnc4c(ccn4S(=O)(=O)c4ccccc4)c3)ncn2)cc1. The number of rotatable bonds is 5. The Morgan fingerprint density at radius 3 is 2.44 bits per heavy atom. The maximum atomic E-state index is 13.0. The van der Waals surface area contributed by atoms with Crippen LogP contribution in [-0.2, 0) is 16.4 Å². The molecule has 0 unspecified atom stereocenters. The van der Waals surface area contributed by atoms with E-state index in [-0.39, 0.29) is 4.90 Å². The zero-order valence-electron chi connectivity index (χ0n) is 17.0. The van der Waals surface area contributed by atoms with Gasteiger partial charge in [-0.2, -0.15) is 0 Å². The van der Waals surface area contributed by atoms with Gasteiger partial charge in [0.25, 0.3) is 10.0 Å². The van der Waals surface area contributed by atoms with Crippen LogP contribution in [0.15, 0.2) is 96.4 Å². The predicted molar refractivity (Wildman–Crippen MR) is 123 cm³/mol. The topological polar surface area (TPSA) is 104 Å². The Hall–Kier alpha value is -4.04. The van der Waals surface area contributed by atoms with Crippen molar-refractivity contribution in [3.05, 3.63) is 103 Å². The number of nitrogens with two attached hydrogens (primary N) is 1. The van der Waals surface area contributed by atoms with E-state index in [1.54, 1.807) is 42.6 Å². The van der Waals surface area contributed by atoms with Crippen LogP contribution in [0.25, 0.3) is 22.3 Å². The molecule has 0 saturated heterocycles. The van der Waals surface area contributed by atoms with E-state index in [0.29, 0.717) is 17.5 Å². The third-order valence-corrected chi connectivity index (χ3v) is 6.86. The van der Waals surface area contributed by atoms with Crippen LogP contribution in [0.1, 0.15) is 11.3 Å². The minimum Gasteiger partial charge on any atom is -0.399 e. The van der Waals surface area contributed by atoms with E-state index in [1.807, 2.05) is 36.4 Å². The molecule has 0 saturated carbocycles. The Kier molecular flexibility index (Phi) is 4.91. The Bertz CT molecular complexity index is 1510. The van der Waals surface area contributed by atoms with Crippen molar-refractivity contribution < 1.29 is 8.42 Å². The monoisotopic (exact) mass is 441 g/mol. The number of anilines is 1. The summed E-state index contributed by atoms with van der Waals surface area (Å²) in [5, 5.41) is 0.709. The van der Waals surface area contributed by atoms with Crippen molar-refractivity contribution in [3.8, 4) is 11.3 Å². The van der Waals surface area contributed by atoms with Gasteiger partial charge in [-0.15, -0.1) is 0 Å². The van der Waals surface area contributed by atoms with Gasteiger partial charge in [0.05, 0.1) is 10.6 Å². The smallest absolute Gasteiger partial charge is 0.269 e. The maximum absolute atomic E-state index is 13.0. The molecular formula is C24H19N5O2S. The molecule has 2 aromatic carbocycles. The Morgan fingerprint density at radius 2 is 1.66 bits per heavy atom. The van der Waals surface area contributed by atoms with Crippen LogP contribution in [0.5, 0.6) is 0 Å². The molecule has 3 heterocycles. The van der Waals surface area contributed by atoms with Gasteiger partial charge in [-0.3, -0.25) is 0 Å². The van der Waals surface area contributed by atoms with Crippen LogP contribution in [-0.4, -0.2) is 27.3 Å². The molecule has 158 valence electrons. The molecule has 0 atom stereocenters. The highest BCUT2D eigenvalue weighted by Crippen LogP contribution is 2.25. The summed E-state index contributed by atoms with van der Waals surface area (Å²) < 4.78 is 27.2. The van der Waals surface area contributed by atoms with Crippen molar-refractivity contribution in [3.63, 3.8) is 0 Å². The van der Waals surface area contributed by atoms with Gasteiger partial charge in [0, 0.05) is 41.1 Å². The van der Waals surface area contributed by atoms with Crippen molar-refractivity contribution in [2.75, 3.05) is 5.73 Å². The number of hydrogen-bond donors (Lipinski definition) is 1. The summed E-state index contributed by atoms with van der Waals surface area (Å²) in [5.41, 5.74) is 10.3. The fraction of sp³-hybridized carbons (Fsp3) is 0.0417. The number of aromatic nitrogens is 4. The molecular weight excluding hydrogens is 422 g/mol. The normalized spacial score (nSPS) is 11.6. The minimum absolute atomic E-state index is 0.214. The Balaban J connectivity index is 1.48. The molecule has 0 aliphatic carbocycles. The summed E-state index contributed by atoms with van der Waals surface area (Å²) in [5.74, 6) is 0. The average molecular weight is 442 g/mol. The fourth-order valence-corrected chi connectivity index (χ4v) is 4.87. The number of fused-ring (bicyclic) bond motifs is 1. The van der Waals surface area contributed by atoms with E-state index < -0.39 is 10.0 Å². The summed E-state index contributed by atoms with van der Waals surface area (Å²) in [7, 11) is -3.72. The molecule has 0 fully saturated rings. The van der Waals surface area contributed by atoms with Gasteiger partial charge in [0.15, 0.2) is 5.65 Å². The zero-order chi connectivity index (χ0) is 22.1. The van der Waals surface area contributed by atoms with Gasteiger partial charge >= 0.3 is 0 Å². The lowest BCUT2D eigenvalue weighted by Crippen LogP contribution is -2.12. The van der Waals surface area contributed by atoms with Crippen LogP contribution in [0.2, 0.25) is 0 Å². The molecule has 5 aromatic rings. The summed E-state index contributed by atoms with van der Waals surface area (Å²) in [6.45, 7) is 0. The molecule has 7 nitrogen and oxygen atoms in total. The second-order valence-corrected chi connectivity index (χ2v) is 9.19. The van der Waals surface area contributed by atoms with E-state index in [2.05, 4.69) is 15.0 Å². The Labute approximate surface area is 185 Å². The molecule has 0 aliphatic heterocycles. The molecule has 0 aliphatic rings. The van der Waals surface area contributed by atoms with Crippen LogP contribution >= 0.6 is 0 Å². The largest absolute Gasteiger partial charge is 0.399 e. The predicted octanol–water partition coefficient (Wildman–Crippen LogP) is 3.90. The fourth-order valence-electron chi connectivity index (χ4n) is 3.54. The van der Waals surface area contributed by atoms with E-state index in [4.69, 9.17) is 5.73 Å². The number of pyridine rings is 1. The van der Waals surface area contributed by atoms with Gasteiger partial charge in [-0.1, -0.05) is 30.3 Å². The van der Waals surface area contributed by atoms with Crippen LogP contribution in [0, 0.1) is 0 Å². The summed E-state index contributed by atoms with van der Waals surface area (Å²) in [4.78, 5) is 13.4.